The highest BCUT2D eigenvalue weighted by Crippen LogP contribution is 2.14. The van der Waals surface area contributed by atoms with E-state index >= 15 is 0 Å². The number of aryl methyl sites for hydroxylation is 1. The molecule has 1 amide bonds. The van der Waals surface area contributed by atoms with Crippen molar-refractivity contribution >= 4 is 27.5 Å². The van der Waals surface area contributed by atoms with E-state index in [1.165, 1.54) is 0 Å². The Balaban J connectivity index is 1.74. The second-order valence-corrected chi connectivity index (χ2v) is 5.77. The second-order valence-electron chi connectivity index (χ2n) is 4.85. The van der Waals surface area contributed by atoms with Gasteiger partial charge in [-0.05, 0) is 39.7 Å². The van der Waals surface area contributed by atoms with Gasteiger partial charge in [0.05, 0.1) is 17.2 Å². The van der Waals surface area contributed by atoms with Gasteiger partial charge in [-0.15, -0.1) is 0 Å². The molecule has 1 N–H and O–H groups in total. The van der Waals surface area contributed by atoms with E-state index in [0.29, 0.717) is 12.2 Å². The Bertz CT molecular complexity index is 808. The van der Waals surface area contributed by atoms with Crippen molar-refractivity contribution < 1.29 is 4.79 Å². The molecule has 0 radical (unpaired) electrons. The normalized spacial score (nSPS) is 10.6. The van der Waals surface area contributed by atoms with Crippen LogP contribution in [0.1, 0.15) is 16.1 Å². The van der Waals surface area contributed by atoms with Gasteiger partial charge in [0.25, 0.3) is 5.91 Å². The molecular formula is C15H14BrN5O. The molecule has 0 bridgehead atoms. The molecule has 0 aliphatic heterocycles. The van der Waals surface area contributed by atoms with Crippen LogP contribution < -0.4 is 5.32 Å². The fourth-order valence-electron chi connectivity index (χ4n) is 2.15. The Labute approximate surface area is 135 Å². The lowest BCUT2D eigenvalue weighted by molar-refractivity contribution is 0.101. The molecule has 3 aromatic rings. The number of amides is 1. The van der Waals surface area contributed by atoms with Gasteiger partial charge in [0.1, 0.15) is 5.69 Å². The van der Waals surface area contributed by atoms with Crippen molar-refractivity contribution in [3.05, 3.63) is 64.7 Å². The quantitative estimate of drug-likeness (QED) is 0.778. The largest absolute Gasteiger partial charge is 0.321 e. The summed E-state index contributed by atoms with van der Waals surface area (Å²) >= 11 is 3.37. The molecule has 0 spiro atoms. The van der Waals surface area contributed by atoms with Crippen molar-refractivity contribution in [1.29, 1.82) is 0 Å². The lowest BCUT2D eigenvalue weighted by Crippen LogP contribution is -2.16. The number of carbonyl (C=O) groups excluding carboxylic acids is 1. The first kappa shape index (κ1) is 14.5. The van der Waals surface area contributed by atoms with Gasteiger partial charge in [-0.1, -0.05) is 12.1 Å². The Morgan fingerprint density at radius 3 is 2.86 bits per heavy atom. The van der Waals surface area contributed by atoms with Crippen LogP contribution in [-0.2, 0) is 13.6 Å². The zero-order valence-corrected chi connectivity index (χ0v) is 13.5. The molecule has 2 aromatic heterocycles. The summed E-state index contributed by atoms with van der Waals surface area (Å²) in [4.78, 5) is 12.2. The van der Waals surface area contributed by atoms with Crippen LogP contribution in [0.5, 0.6) is 0 Å². The number of hydrogen-bond donors (Lipinski definition) is 1. The van der Waals surface area contributed by atoms with Crippen LogP contribution in [0.2, 0.25) is 0 Å². The van der Waals surface area contributed by atoms with E-state index < -0.39 is 0 Å². The zero-order valence-electron chi connectivity index (χ0n) is 11.9. The molecule has 0 aliphatic carbocycles. The molecule has 0 atom stereocenters. The molecule has 0 fully saturated rings. The maximum Gasteiger partial charge on any atom is 0.273 e. The van der Waals surface area contributed by atoms with Crippen LogP contribution in [0, 0.1) is 0 Å². The van der Waals surface area contributed by atoms with Gasteiger partial charge in [-0.3, -0.25) is 14.2 Å². The molecule has 3 rings (SSSR count). The van der Waals surface area contributed by atoms with Gasteiger partial charge < -0.3 is 5.32 Å². The highest BCUT2D eigenvalue weighted by Gasteiger charge is 2.10. The Hall–Kier alpha value is -2.41. The lowest BCUT2D eigenvalue weighted by Gasteiger charge is -2.08. The SMILES string of the molecule is Cn1nccc1C(=O)Nc1cccc(Cn2cc(Br)cn2)c1. The van der Waals surface area contributed by atoms with Crippen LogP contribution in [-0.4, -0.2) is 25.5 Å². The number of nitrogens with one attached hydrogen (secondary N) is 1. The summed E-state index contributed by atoms with van der Waals surface area (Å²) in [5.41, 5.74) is 2.31. The molecule has 112 valence electrons. The summed E-state index contributed by atoms with van der Waals surface area (Å²) in [6.45, 7) is 0.640. The number of hydrogen-bond acceptors (Lipinski definition) is 3. The van der Waals surface area contributed by atoms with E-state index in [9.17, 15) is 4.79 Å². The first-order valence-corrected chi connectivity index (χ1v) is 7.47. The lowest BCUT2D eigenvalue weighted by atomic mass is 10.2. The third-order valence-electron chi connectivity index (χ3n) is 3.18. The predicted octanol–water partition coefficient (Wildman–Crippen LogP) is 2.68. The second kappa shape index (κ2) is 6.15. The monoisotopic (exact) mass is 359 g/mol. The minimum Gasteiger partial charge on any atom is -0.321 e. The highest BCUT2D eigenvalue weighted by atomic mass is 79.9. The number of nitrogens with zero attached hydrogens (tertiary/aromatic N) is 4. The van der Waals surface area contributed by atoms with Gasteiger partial charge >= 0.3 is 0 Å². The van der Waals surface area contributed by atoms with Crippen molar-refractivity contribution in [3.63, 3.8) is 0 Å². The van der Waals surface area contributed by atoms with Crippen LogP contribution in [0.3, 0.4) is 0 Å². The molecule has 22 heavy (non-hydrogen) atoms. The number of rotatable bonds is 4. The highest BCUT2D eigenvalue weighted by molar-refractivity contribution is 9.10. The third kappa shape index (κ3) is 3.25. The first-order chi connectivity index (χ1) is 10.6. The van der Waals surface area contributed by atoms with E-state index in [1.807, 2.05) is 35.1 Å². The molecule has 7 heteroatoms. The van der Waals surface area contributed by atoms with Crippen LogP contribution >= 0.6 is 15.9 Å². The summed E-state index contributed by atoms with van der Waals surface area (Å²) in [5, 5.41) is 11.1. The average molecular weight is 360 g/mol. The Morgan fingerprint density at radius 1 is 1.32 bits per heavy atom. The Morgan fingerprint density at radius 2 is 2.18 bits per heavy atom. The van der Waals surface area contributed by atoms with Crippen molar-refractivity contribution in [1.82, 2.24) is 19.6 Å². The summed E-state index contributed by atoms with van der Waals surface area (Å²) in [7, 11) is 1.74. The van der Waals surface area contributed by atoms with Crippen LogP contribution in [0.15, 0.2) is 53.4 Å². The smallest absolute Gasteiger partial charge is 0.273 e. The van der Waals surface area contributed by atoms with E-state index in [4.69, 9.17) is 0 Å². The molecule has 0 unspecified atom stereocenters. The summed E-state index contributed by atoms with van der Waals surface area (Å²) in [6.07, 6.45) is 5.25. The van der Waals surface area contributed by atoms with E-state index in [2.05, 4.69) is 31.4 Å². The van der Waals surface area contributed by atoms with Crippen LogP contribution in [0.4, 0.5) is 5.69 Å². The predicted molar refractivity (Wildman–Crippen MR) is 86.6 cm³/mol. The van der Waals surface area contributed by atoms with Crippen molar-refractivity contribution in [2.24, 2.45) is 7.05 Å². The minimum atomic E-state index is -0.181. The fourth-order valence-corrected chi connectivity index (χ4v) is 2.48. The van der Waals surface area contributed by atoms with E-state index in [0.717, 1.165) is 15.7 Å². The molecule has 0 saturated heterocycles. The fraction of sp³-hybridized carbons (Fsp3) is 0.133. The van der Waals surface area contributed by atoms with Gasteiger partial charge in [0.2, 0.25) is 0 Å². The number of aromatic nitrogens is 4. The molecule has 0 aliphatic rings. The topological polar surface area (TPSA) is 64.7 Å². The maximum atomic E-state index is 12.2. The maximum absolute atomic E-state index is 12.2. The number of anilines is 1. The summed E-state index contributed by atoms with van der Waals surface area (Å²) in [6, 6.07) is 9.38. The zero-order chi connectivity index (χ0) is 15.5. The number of carbonyl (C=O) groups is 1. The molecule has 1 aromatic carbocycles. The first-order valence-electron chi connectivity index (χ1n) is 6.68. The van der Waals surface area contributed by atoms with Crippen LogP contribution in [0.25, 0.3) is 0 Å². The Kier molecular flexibility index (Phi) is 4.06. The number of benzene rings is 1. The minimum absolute atomic E-state index is 0.181. The van der Waals surface area contributed by atoms with Gasteiger partial charge in [-0.2, -0.15) is 10.2 Å². The van der Waals surface area contributed by atoms with E-state index in [1.54, 1.807) is 30.2 Å². The van der Waals surface area contributed by atoms with E-state index in [-0.39, 0.29) is 5.91 Å². The van der Waals surface area contributed by atoms with Gasteiger partial charge in [-0.25, -0.2) is 0 Å². The third-order valence-corrected chi connectivity index (χ3v) is 3.59. The standard InChI is InChI=1S/C15H14BrN5O/c1-20-14(5-6-17-20)15(22)19-13-4-2-3-11(7-13)9-21-10-12(16)8-18-21/h2-8,10H,9H2,1H3,(H,19,22). The van der Waals surface area contributed by atoms with Gasteiger partial charge in [0.15, 0.2) is 0 Å². The molecule has 2 heterocycles. The molecular weight excluding hydrogens is 346 g/mol. The van der Waals surface area contributed by atoms with Crippen molar-refractivity contribution in [2.45, 2.75) is 6.54 Å². The van der Waals surface area contributed by atoms with Gasteiger partial charge in [0, 0.05) is 25.1 Å². The number of halogens is 1. The van der Waals surface area contributed by atoms with Crippen molar-refractivity contribution in [2.75, 3.05) is 5.32 Å². The average Bonchev–Trinajstić information content (AvgIpc) is 3.08. The summed E-state index contributed by atoms with van der Waals surface area (Å²) in [5.74, 6) is -0.181. The molecule has 6 nitrogen and oxygen atoms in total. The van der Waals surface area contributed by atoms with Crippen molar-refractivity contribution in [3.8, 4) is 0 Å². The summed E-state index contributed by atoms with van der Waals surface area (Å²) < 4.78 is 4.31. The molecule has 0 saturated carbocycles.